The number of carbonyl (C=O) groups is 10. The van der Waals surface area contributed by atoms with Gasteiger partial charge in [-0.2, -0.15) is 0 Å². The van der Waals surface area contributed by atoms with Crippen LogP contribution >= 0.6 is 0 Å². The average Bonchev–Trinajstić information content (AvgIpc) is 0.671. The molecule has 2 saturated heterocycles. The molecule has 7 N–H and O–H groups in total. The highest BCUT2D eigenvalue weighted by Gasteiger charge is 2.80. The van der Waals surface area contributed by atoms with Crippen LogP contribution in [0.25, 0.3) is 0 Å². The lowest BCUT2D eigenvalue weighted by Gasteiger charge is -2.67. The van der Waals surface area contributed by atoms with Crippen LogP contribution < -0.4 is 10.6 Å². The van der Waals surface area contributed by atoms with Crippen molar-refractivity contribution in [2.75, 3.05) is 26.4 Å². The van der Waals surface area contributed by atoms with Crippen LogP contribution in [0.5, 0.6) is 0 Å². The fourth-order valence-corrected chi connectivity index (χ4v) is 24.4. The Balaban J connectivity index is 0.000000253. The van der Waals surface area contributed by atoms with Gasteiger partial charge in [-0.3, -0.25) is 28.8 Å². The summed E-state index contributed by atoms with van der Waals surface area (Å²) in [5.41, 5.74) is -10.3. The van der Waals surface area contributed by atoms with Crippen LogP contribution in [0.2, 0.25) is 0 Å². The summed E-state index contributed by atoms with van der Waals surface area (Å²) in [6.45, 7) is 29.6. The first-order chi connectivity index (χ1) is 69.6. The van der Waals surface area contributed by atoms with E-state index in [1.807, 2.05) is 6.07 Å². The Kier molecular flexibility index (Phi) is 38.9. The molecule has 14 rings (SSSR count). The molecule has 6 aliphatic carbocycles. The van der Waals surface area contributed by atoms with Gasteiger partial charge in [0.25, 0.3) is 11.8 Å². The van der Waals surface area contributed by atoms with E-state index in [-0.39, 0.29) is 43.6 Å². The number of benzene rings is 6. The van der Waals surface area contributed by atoms with E-state index in [0.29, 0.717) is 51.2 Å². The second kappa shape index (κ2) is 49.9. The topological polar surface area (TPSA) is 397 Å². The van der Waals surface area contributed by atoms with Gasteiger partial charge in [-0.1, -0.05) is 298 Å². The molecule has 23 atom stereocenters. The molecule has 0 spiro atoms. The van der Waals surface area contributed by atoms with E-state index < -0.39 is 213 Å². The minimum absolute atomic E-state index is 0.0649. The van der Waals surface area contributed by atoms with Gasteiger partial charge in [-0.15, -0.1) is 0 Å². The molecule has 6 aromatic carbocycles. The lowest BCUT2D eigenvalue weighted by Crippen LogP contribution is -2.81. The van der Waals surface area contributed by atoms with E-state index in [0.717, 1.165) is 38.7 Å². The third-order valence-electron chi connectivity index (χ3n) is 32.4. The molecule has 8 aliphatic rings. The number of aliphatic hydroxyl groups excluding tert-OH is 3. The number of ketones is 2. The molecule has 792 valence electrons. The van der Waals surface area contributed by atoms with Gasteiger partial charge in [-0.05, 0) is 129 Å². The predicted molar refractivity (Wildman–Crippen MR) is 547 cm³/mol. The minimum Gasteiger partial charge on any atom is -0.502 e. The van der Waals surface area contributed by atoms with Gasteiger partial charge in [0.05, 0.1) is 84.2 Å². The van der Waals surface area contributed by atoms with Crippen LogP contribution in [0, 0.1) is 45.3 Å². The first-order valence-electron chi connectivity index (χ1n) is 52.5. The minimum atomic E-state index is -2.19. The SMILES string of the molecule is C=COCCCC.CC(=O)O[C@@]12CO[C@@H]1C[C@H](O)[C@@]1(C)C(=O)[C@H](C)C3=C(C)[C@@H](OC(=O)[C@H](O)[C@@H](NC(=O)c4ccccc4)c4ccccc4)C[C@@](O)([C@@H](OC(=O)c4ccccc4)[C@H]21)C3(C)C.CCCCCCCCCCCCCCCCCCOC(C)O[C@@H](C(=O)O[C@H]1C[C@@]2(O)[C@@H](OC(=O)c3ccccc3)[C@@H]3[C@]4(OC(C)=O)CO[C@@H]4C[C@H](O)[C@@]3(C)C(=O)[C@H](C)C(=C1C)C2(C)C)[C@@H](NC(=O)c1ccccc1)c1ccccc1. The summed E-state index contributed by atoms with van der Waals surface area (Å²) in [6, 6.07) is 48.2. The highest BCUT2D eigenvalue weighted by atomic mass is 16.7. The summed E-state index contributed by atoms with van der Waals surface area (Å²) in [7, 11) is 0. The molecule has 2 heterocycles. The molecule has 2 aliphatic heterocycles. The van der Waals surface area contributed by atoms with Crippen LogP contribution in [0.4, 0.5) is 0 Å². The van der Waals surface area contributed by atoms with E-state index in [1.54, 1.807) is 240 Å². The number of ether oxygens (including phenoxy) is 11. The maximum Gasteiger partial charge on any atom is 0.338 e. The van der Waals surface area contributed by atoms with Crippen LogP contribution in [-0.2, 0) is 80.9 Å². The van der Waals surface area contributed by atoms with E-state index in [2.05, 4.69) is 31.1 Å². The van der Waals surface area contributed by atoms with E-state index in [9.17, 15) is 59.1 Å². The Hall–Kier alpha value is -10.9. The number of rotatable bonds is 42. The molecule has 0 radical (unpaired) electrons. The molecule has 6 fully saturated rings. The fraction of sp³-hybridized carbons (Fsp3) is 0.559. The van der Waals surface area contributed by atoms with E-state index in [4.69, 9.17) is 52.1 Å². The van der Waals surface area contributed by atoms with E-state index in [1.165, 1.54) is 116 Å². The molecule has 146 heavy (non-hydrogen) atoms. The molecule has 2 amide bonds. The summed E-state index contributed by atoms with van der Waals surface area (Å²) >= 11 is 0. The van der Waals surface area contributed by atoms with Gasteiger partial charge in [0.15, 0.2) is 29.7 Å². The molecule has 0 aromatic heterocycles. The smallest absolute Gasteiger partial charge is 0.338 e. The molecular weight excluding hydrogens is 1860 g/mol. The van der Waals surface area contributed by atoms with E-state index >= 15 is 14.4 Å². The Morgan fingerprint density at radius 1 is 0.459 bits per heavy atom. The van der Waals surface area contributed by atoms with Crippen molar-refractivity contribution >= 4 is 59.2 Å². The number of aliphatic hydroxyl groups is 5. The van der Waals surface area contributed by atoms with Gasteiger partial charge >= 0.3 is 35.8 Å². The third-order valence-corrected chi connectivity index (χ3v) is 32.4. The van der Waals surface area contributed by atoms with Crippen LogP contribution in [0.15, 0.2) is 217 Å². The fourth-order valence-electron chi connectivity index (χ4n) is 24.4. The zero-order chi connectivity index (χ0) is 106. The van der Waals surface area contributed by atoms with Gasteiger partial charge in [0.2, 0.25) is 0 Å². The highest BCUT2D eigenvalue weighted by molar-refractivity contribution is 5.97. The molecule has 4 saturated carbocycles. The number of nitrogens with one attached hydrogen (secondary N) is 2. The van der Waals surface area contributed by atoms with Crippen LogP contribution in [0.3, 0.4) is 0 Å². The standard InChI is InChI=1S/C66H91NO13.C46H51NO12.C6H12O/c1-9-10-11-12-13-14-15-16-17-18-19-20-21-22-23-33-40-75-47(5)77-56(55(48-34-27-24-28-35-48)67-60(71)49-36-29-25-30-37-49)62(73)78-51-42-66(74)59(79-61(72)50-38-31-26-32-39-50)57-64(8,58(70)45(3)54(44(51)2)63(66,6)7)52(69)41-53-65(57,43-76-53)80-46(4)68;1-25-31(57-42(54)36(50)35(28-16-10-7-11-17-28)47-40(52)29-18-12-8-13-19-29)23-46(55)39(58-41(53)30-20-14-9-15-21-30)37-44(6,38(51)26(2)34(25)43(46,4)5)32(49)22-33-45(37,24-56-33)59-27(3)48;1-3-5-6-7-4-2/h24-32,34-39,45,47,51-53,55-57,59,69,74H,9-23,33,40-43H2,1-8H3,(H,67,71);7-21,26,31-33,35-37,39,49-50,55H,22-24H2,1-6H3,(H,47,52);4H,2-3,5-6H2,1H3/t45-,47?,51+,52+,53-,55+,56-,57+,59+,64-,65+,66-;26-,31+,32+,33-,35+,36-,37+,39+,44-,45+,46-;/m11./s1. The lowest BCUT2D eigenvalue weighted by molar-refractivity contribution is -0.345. The van der Waals surface area contributed by atoms with Crippen molar-refractivity contribution < 1.29 is 126 Å². The van der Waals surface area contributed by atoms with Crippen molar-refractivity contribution in [2.45, 2.75) is 347 Å². The summed E-state index contributed by atoms with van der Waals surface area (Å²) in [5.74, 6) is -11.7. The first-order valence-corrected chi connectivity index (χ1v) is 52.5. The lowest BCUT2D eigenvalue weighted by atomic mass is 9.43. The normalized spacial score (nSPS) is 29.0. The van der Waals surface area contributed by atoms with Gasteiger partial charge < -0.3 is 88.3 Å². The molecule has 28 heteroatoms. The monoisotopic (exact) mass is 2020 g/mol. The van der Waals surface area contributed by atoms with Gasteiger partial charge in [-0.25, -0.2) is 19.2 Å². The van der Waals surface area contributed by atoms with Crippen molar-refractivity contribution in [3.63, 3.8) is 0 Å². The first kappa shape index (κ1) is 114. The van der Waals surface area contributed by atoms with Gasteiger partial charge in [0.1, 0.15) is 59.4 Å². The summed E-state index contributed by atoms with van der Waals surface area (Å²) in [4.78, 5) is 143. The number of fused-ring (bicyclic) bond motifs is 10. The Morgan fingerprint density at radius 2 is 0.795 bits per heavy atom. The number of esters is 6. The number of unbranched alkanes of at least 4 members (excludes halogenated alkanes) is 16. The number of carbonyl (C=O) groups excluding carboxylic acids is 10. The Labute approximate surface area is 859 Å². The summed E-state index contributed by atoms with van der Waals surface area (Å²) < 4.78 is 67.7. The maximum atomic E-state index is 15.6. The molecule has 1 unspecified atom stereocenters. The van der Waals surface area contributed by atoms with Crippen LogP contribution in [0.1, 0.15) is 310 Å². The largest absolute Gasteiger partial charge is 0.502 e. The summed E-state index contributed by atoms with van der Waals surface area (Å²) in [6.07, 6.45) is 7.83. The number of Topliss-reactive ketones (excluding diaryl/α,β-unsaturated/α-hetero) is 2. The van der Waals surface area contributed by atoms with Crippen molar-refractivity contribution in [2.24, 2.45) is 45.3 Å². The number of hydrogen-bond donors (Lipinski definition) is 7. The number of hydrogen-bond acceptors (Lipinski definition) is 26. The summed E-state index contributed by atoms with van der Waals surface area (Å²) in [5, 5.41) is 69.3. The average molecular weight is 2020 g/mol. The Bertz CT molecular complexity index is 5510. The second-order valence-corrected chi connectivity index (χ2v) is 42.4. The van der Waals surface area contributed by atoms with Gasteiger partial charge in [0, 0.05) is 79.9 Å². The molecular formula is C118H154N2O26. The second-order valence-electron chi connectivity index (χ2n) is 42.4. The highest BCUT2D eigenvalue weighted by Crippen LogP contribution is 2.68. The molecule has 6 aromatic rings. The Morgan fingerprint density at radius 3 is 1.14 bits per heavy atom. The third kappa shape index (κ3) is 24.1. The van der Waals surface area contributed by atoms with Crippen LogP contribution in [-0.4, -0.2) is 201 Å². The van der Waals surface area contributed by atoms with Crippen molar-refractivity contribution in [3.8, 4) is 0 Å². The molecule has 4 bridgehead atoms. The quantitative estimate of drug-likeness (QED) is 0.00467. The molecule has 28 nitrogen and oxygen atoms in total. The van der Waals surface area contributed by atoms with Crippen molar-refractivity contribution in [3.05, 3.63) is 251 Å². The van der Waals surface area contributed by atoms with Crippen molar-refractivity contribution in [1.29, 1.82) is 0 Å². The predicted octanol–water partition coefficient (Wildman–Crippen LogP) is 18.5. The zero-order valence-electron chi connectivity index (χ0n) is 87.6. The van der Waals surface area contributed by atoms with Crippen molar-refractivity contribution in [1.82, 2.24) is 10.6 Å². The zero-order valence-corrected chi connectivity index (χ0v) is 87.6. The number of amides is 2. The maximum absolute atomic E-state index is 15.6.